The Balaban J connectivity index is 2.22. The van der Waals surface area contributed by atoms with Crippen molar-refractivity contribution in [2.75, 3.05) is 0 Å². The van der Waals surface area contributed by atoms with Crippen LogP contribution in [0.1, 0.15) is 16.7 Å². The van der Waals surface area contributed by atoms with Gasteiger partial charge in [-0.2, -0.15) is 0 Å². The molecule has 0 aliphatic carbocycles. The summed E-state index contributed by atoms with van der Waals surface area (Å²) < 4.78 is 7.88. The van der Waals surface area contributed by atoms with Crippen LogP contribution in [0.25, 0.3) is 0 Å². The van der Waals surface area contributed by atoms with Crippen molar-refractivity contribution in [3.05, 3.63) is 61.0 Å². The first kappa shape index (κ1) is 15.8. The van der Waals surface area contributed by atoms with Gasteiger partial charge in [0.25, 0.3) is 0 Å². The van der Waals surface area contributed by atoms with Crippen LogP contribution in [0.5, 0.6) is 5.75 Å². The maximum atomic E-state index is 6.19. The van der Waals surface area contributed by atoms with E-state index < -0.39 is 0 Å². The number of ether oxygens (including phenoxy) is 1. The lowest BCUT2D eigenvalue weighted by Crippen LogP contribution is -2.05. The van der Waals surface area contributed by atoms with E-state index in [1.54, 1.807) is 0 Å². The minimum Gasteiger partial charge on any atom is -0.488 e. The summed E-state index contributed by atoms with van der Waals surface area (Å²) in [6.45, 7) is 2.85. The molecule has 5 heteroatoms. The number of hydrogen-bond acceptors (Lipinski definition) is 2. The van der Waals surface area contributed by atoms with Crippen molar-refractivity contribution in [2.45, 2.75) is 20.1 Å². The van der Waals surface area contributed by atoms with E-state index in [4.69, 9.17) is 22.1 Å². The number of benzene rings is 2. The summed E-state index contributed by atoms with van der Waals surface area (Å²) in [6.07, 6.45) is 0. The molecule has 0 aliphatic heterocycles. The molecule has 0 radical (unpaired) electrons. The summed E-state index contributed by atoms with van der Waals surface area (Å²) in [6, 6.07) is 9.74. The quantitative estimate of drug-likeness (QED) is 0.738. The zero-order chi connectivity index (χ0) is 14.7. The molecule has 0 aromatic heterocycles. The van der Waals surface area contributed by atoms with E-state index in [0.717, 1.165) is 31.4 Å². The van der Waals surface area contributed by atoms with Gasteiger partial charge in [0, 0.05) is 31.6 Å². The Hall–Kier alpha value is -0.550. The van der Waals surface area contributed by atoms with Crippen molar-refractivity contribution in [3.8, 4) is 5.75 Å². The fourth-order valence-corrected chi connectivity index (χ4v) is 3.29. The molecule has 0 saturated heterocycles. The highest BCUT2D eigenvalue weighted by molar-refractivity contribution is 9.10. The van der Waals surface area contributed by atoms with Crippen LogP contribution in [0.4, 0.5) is 0 Å². The third-order valence-corrected chi connectivity index (χ3v) is 4.23. The summed E-state index contributed by atoms with van der Waals surface area (Å²) in [7, 11) is 0. The average Bonchev–Trinajstić information content (AvgIpc) is 2.38. The molecule has 0 heterocycles. The fraction of sp³-hybridized carbons (Fsp3) is 0.200. The highest BCUT2D eigenvalue weighted by atomic mass is 79.9. The van der Waals surface area contributed by atoms with E-state index in [1.807, 2.05) is 37.3 Å². The van der Waals surface area contributed by atoms with Gasteiger partial charge in [-0.1, -0.05) is 49.5 Å². The van der Waals surface area contributed by atoms with Crippen molar-refractivity contribution < 1.29 is 4.74 Å². The first-order valence-electron chi connectivity index (χ1n) is 6.07. The molecule has 0 bridgehead atoms. The molecule has 0 fully saturated rings. The predicted octanol–water partition coefficient (Wildman–Crippen LogP) is 5.21. The van der Waals surface area contributed by atoms with E-state index >= 15 is 0 Å². The number of hydrogen-bond donors (Lipinski definition) is 1. The second kappa shape index (κ2) is 6.94. The van der Waals surface area contributed by atoms with E-state index in [1.165, 1.54) is 0 Å². The molecule has 2 rings (SSSR count). The van der Waals surface area contributed by atoms with Gasteiger partial charge in [-0.15, -0.1) is 0 Å². The Morgan fingerprint density at radius 2 is 1.85 bits per heavy atom. The monoisotopic (exact) mass is 417 g/mol. The van der Waals surface area contributed by atoms with Crippen LogP contribution in [0.3, 0.4) is 0 Å². The topological polar surface area (TPSA) is 35.2 Å². The summed E-state index contributed by atoms with van der Waals surface area (Å²) in [5.41, 5.74) is 8.74. The Labute approximate surface area is 140 Å². The van der Waals surface area contributed by atoms with Crippen LogP contribution in [0.2, 0.25) is 5.02 Å². The van der Waals surface area contributed by atoms with E-state index in [9.17, 15) is 0 Å². The second-order valence-electron chi connectivity index (χ2n) is 4.44. The van der Waals surface area contributed by atoms with Crippen LogP contribution in [0.15, 0.2) is 39.3 Å². The molecular formula is C15H14Br2ClNO. The lowest BCUT2D eigenvalue weighted by atomic mass is 10.1. The number of halogens is 3. The zero-order valence-electron chi connectivity index (χ0n) is 10.9. The third kappa shape index (κ3) is 3.76. The first-order valence-corrected chi connectivity index (χ1v) is 8.03. The molecule has 2 aromatic carbocycles. The van der Waals surface area contributed by atoms with Gasteiger partial charge < -0.3 is 10.5 Å². The van der Waals surface area contributed by atoms with Crippen molar-refractivity contribution >= 4 is 43.5 Å². The fourth-order valence-electron chi connectivity index (χ4n) is 1.95. The van der Waals surface area contributed by atoms with Gasteiger partial charge >= 0.3 is 0 Å². The summed E-state index contributed by atoms with van der Waals surface area (Å²) >= 11 is 13.0. The first-order chi connectivity index (χ1) is 9.51. The number of aryl methyl sites for hydroxylation is 1. The van der Waals surface area contributed by atoms with Gasteiger partial charge in [0.05, 0.1) is 0 Å². The number of nitrogens with two attached hydrogens (primary N) is 1. The van der Waals surface area contributed by atoms with Crippen LogP contribution in [-0.2, 0) is 13.2 Å². The van der Waals surface area contributed by atoms with Gasteiger partial charge in [-0.3, -0.25) is 0 Å². The maximum Gasteiger partial charge on any atom is 0.127 e. The van der Waals surface area contributed by atoms with Gasteiger partial charge in [0.1, 0.15) is 12.4 Å². The molecule has 0 amide bonds. The molecule has 0 aliphatic rings. The highest BCUT2D eigenvalue weighted by Gasteiger charge is 2.09. The minimum atomic E-state index is 0.418. The smallest absolute Gasteiger partial charge is 0.127 e. The molecule has 2 aromatic rings. The van der Waals surface area contributed by atoms with Crippen molar-refractivity contribution in [3.63, 3.8) is 0 Å². The molecule has 2 nitrogen and oxygen atoms in total. The molecule has 0 atom stereocenters. The minimum absolute atomic E-state index is 0.418. The van der Waals surface area contributed by atoms with E-state index in [-0.39, 0.29) is 0 Å². The Morgan fingerprint density at radius 1 is 1.10 bits per heavy atom. The van der Waals surface area contributed by atoms with Crippen LogP contribution in [-0.4, -0.2) is 0 Å². The summed E-state index contributed by atoms with van der Waals surface area (Å²) in [5, 5.41) is 0.684. The van der Waals surface area contributed by atoms with Gasteiger partial charge in [0.15, 0.2) is 0 Å². The number of rotatable bonds is 4. The van der Waals surface area contributed by atoms with Crippen LogP contribution >= 0.6 is 43.5 Å². The lowest BCUT2D eigenvalue weighted by Gasteiger charge is -2.14. The molecule has 2 N–H and O–H groups in total. The Kier molecular flexibility index (Phi) is 5.49. The van der Waals surface area contributed by atoms with Crippen LogP contribution in [0, 0.1) is 6.92 Å². The highest BCUT2D eigenvalue weighted by Crippen LogP contribution is 2.29. The van der Waals surface area contributed by atoms with Gasteiger partial charge in [-0.05, 0) is 36.8 Å². The second-order valence-corrected chi connectivity index (χ2v) is 6.68. The van der Waals surface area contributed by atoms with Crippen molar-refractivity contribution in [2.24, 2.45) is 5.73 Å². The molecule has 0 saturated carbocycles. The molecule has 106 valence electrons. The normalized spacial score (nSPS) is 10.7. The molecule has 20 heavy (non-hydrogen) atoms. The van der Waals surface area contributed by atoms with Gasteiger partial charge in [-0.25, -0.2) is 0 Å². The standard InChI is InChI=1S/C15H14Br2ClNO/c1-9-4-13(17)5-11(7-19)15(9)20-8-10-2-3-12(16)6-14(10)18/h2-6H,7-8,19H2,1H3. The average molecular weight is 420 g/mol. The summed E-state index contributed by atoms with van der Waals surface area (Å²) in [4.78, 5) is 0. The summed E-state index contributed by atoms with van der Waals surface area (Å²) in [5.74, 6) is 0.828. The van der Waals surface area contributed by atoms with Crippen molar-refractivity contribution in [1.29, 1.82) is 0 Å². The Morgan fingerprint density at radius 3 is 2.50 bits per heavy atom. The van der Waals surface area contributed by atoms with Gasteiger partial charge in [0.2, 0.25) is 0 Å². The van der Waals surface area contributed by atoms with E-state index in [2.05, 4.69) is 31.9 Å². The largest absolute Gasteiger partial charge is 0.488 e. The van der Waals surface area contributed by atoms with E-state index in [0.29, 0.717) is 18.2 Å². The SMILES string of the molecule is Cc1cc(Br)cc(CN)c1OCc1ccc(Br)cc1Cl. The maximum absolute atomic E-state index is 6.19. The predicted molar refractivity (Wildman–Crippen MR) is 90.3 cm³/mol. The Bertz CT molecular complexity index is 632. The third-order valence-electron chi connectivity index (χ3n) is 2.92. The molecule has 0 spiro atoms. The van der Waals surface area contributed by atoms with Crippen LogP contribution < -0.4 is 10.5 Å². The lowest BCUT2D eigenvalue weighted by molar-refractivity contribution is 0.301. The molecule has 0 unspecified atom stereocenters. The zero-order valence-corrected chi connectivity index (χ0v) is 14.8. The van der Waals surface area contributed by atoms with Crippen molar-refractivity contribution in [1.82, 2.24) is 0 Å². The molecular weight excluding hydrogens is 405 g/mol.